The number of nitrogens with two attached hydrogens (primary N) is 1. The Labute approximate surface area is 88.6 Å². The molecular weight excluding hydrogens is 194 g/mol. The highest BCUT2D eigenvalue weighted by molar-refractivity contribution is 5.80. The molecule has 1 atom stereocenters. The van der Waals surface area contributed by atoms with Crippen molar-refractivity contribution in [2.24, 2.45) is 5.84 Å². The van der Waals surface area contributed by atoms with Crippen LogP contribution in [0, 0.1) is 6.92 Å². The lowest BCUT2D eigenvalue weighted by atomic mass is 10.2. The van der Waals surface area contributed by atoms with Crippen molar-refractivity contribution in [3.05, 3.63) is 24.0 Å². The van der Waals surface area contributed by atoms with Gasteiger partial charge in [-0.25, -0.2) is 5.84 Å². The molecule has 0 saturated carbocycles. The van der Waals surface area contributed by atoms with Crippen LogP contribution in [-0.4, -0.2) is 17.0 Å². The average Bonchev–Trinajstić information content (AvgIpc) is 2.27. The van der Waals surface area contributed by atoms with E-state index in [-0.39, 0.29) is 5.91 Å². The Morgan fingerprint density at radius 1 is 1.67 bits per heavy atom. The number of hydrogen-bond acceptors (Lipinski definition) is 4. The summed E-state index contributed by atoms with van der Waals surface area (Å²) >= 11 is 0. The third-order valence-electron chi connectivity index (χ3n) is 1.97. The van der Waals surface area contributed by atoms with Gasteiger partial charge >= 0.3 is 0 Å². The summed E-state index contributed by atoms with van der Waals surface area (Å²) < 4.78 is 5.42. The Morgan fingerprint density at radius 2 is 2.40 bits per heavy atom. The molecule has 3 N–H and O–H groups in total. The molecule has 0 fully saturated rings. The number of aryl methyl sites for hydroxylation is 1. The topological polar surface area (TPSA) is 77.2 Å². The number of rotatable bonds is 4. The number of ether oxygens (including phenoxy) is 1. The molecule has 5 nitrogen and oxygen atoms in total. The van der Waals surface area contributed by atoms with Gasteiger partial charge in [0.2, 0.25) is 0 Å². The first-order valence-corrected chi connectivity index (χ1v) is 4.77. The maximum Gasteiger partial charge on any atom is 0.274 e. The van der Waals surface area contributed by atoms with E-state index in [4.69, 9.17) is 10.6 Å². The van der Waals surface area contributed by atoms with Gasteiger partial charge in [-0.2, -0.15) is 0 Å². The Morgan fingerprint density at radius 3 is 2.87 bits per heavy atom. The Kier molecular flexibility index (Phi) is 4.05. The van der Waals surface area contributed by atoms with E-state index in [1.54, 1.807) is 12.3 Å². The molecule has 0 bridgehead atoms. The van der Waals surface area contributed by atoms with E-state index in [1.807, 2.05) is 19.9 Å². The van der Waals surface area contributed by atoms with Crippen molar-refractivity contribution in [1.29, 1.82) is 0 Å². The molecule has 1 aromatic heterocycles. The summed E-state index contributed by atoms with van der Waals surface area (Å²) in [6.45, 7) is 3.73. The van der Waals surface area contributed by atoms with Crippen molar-refractivity contribution in [1.82, 2.24) is 10.4 Å². The number of aromatic nitrogens is 1. The van der Waals surface area contributed by atoms with Crippen molar-refractivity contribution in [3.8, 4) is 5.75 Å². The fraction of sp³-hybridized carbons (Fsp3) is 0.400. The molecule has 0 aliphatic heterocycles. The van der Waals surface area contributed by atoms with Crippen LogP contribution in [0.3, 0.4) is 0 Å². The molecular formula is C10H15N3O2. The van der Waals surface area contributed by atoms with Crippen LogP contribution in [0.15, 0.2) is 18.3 Å². The zero-order valence-corrected chi connectivity index (χ0v) is 8.86. The highest BCUT2D eigenvalue weighted by Crippen LogP contribution is 2.12. The van der Waals surface area contributed by atoms with Crippen molar-refractivity contribution in [2.75, 3.05) is 0 Å². The van der Waals surface area contributed by atoms with Crippen LogP contribution in [-0.2, 0) is 4.79 Å². The monoisotopic (exact) mass is 209 g/mol. The predicted molar refractivity (Wildman–Crippen MR) is 56.0 cm³/mol. The molecule has 0 saturated heterocycles. The minimum absolute atomic E-state index is 0.335. The van der Waals surface area contributed by atoms with Gasteiger partial charge in [-0.15, -0.1) is 0 Å². The second-order valence-electron chi connectivity index (χ2n) is 3.16. The molecule has 5 heteroatoms. The van der Waals surface area contributed by atoms with Crippen molar-refractivity contribution < 1.29 is 9.53 Å². The first-order valence-electron chi connectivity index (χ1n) is 4.77. The zero-order valence-electron chi connectivity index (χ0n) is 8.86. The van der Waals surface area contributed by atoms with Gasteiger partial charge < -0.3 is 4.74 Å². The van der Waals surface area contributed by atoms with E-state index < -0.39 is 6.10 Å². The Hall–Kier alpha value is -1.62. The van der Waals surface area contributed by atoms with Gasteiger partial charge in [-0.05, 0) is 25.5 Å². The third-order valence-corrected chi connectivity index (χ3v) is 1.97. The van der Waals surface area contributed by atoms with Crippen LogP contribution in [0.5, 0.6) is 5.75 Å². The normalized spacial score (nSPS) is 11.9. The fourth-order valence-electron chi connectivity index (χ4n) is 1.10. The number of hydrazine groups is 1. The molecule has 0 spiro atoms. The van der Waals surface area contributed by atoms with Crippen LogP contribution in [0.25, 0.3) is 0 Å². The van der Waals surface area contributed by atoms with Gasteiger partial charge in [0.05, 0.1) is 6.20 Å². The first kappa shape index (κ1) is 11.5. The fourth-order valence-corrected chi connectivity index (χ4v) is 1.10. The van der Waals surface area contributed by atoms with Gasteiger partial charge in [0, 0.05) is 5.69 Å². The summed E-state index contributed by atoms with van der Waals surface area (Å²) in [5.41, 5.74) is 2.96. The van der Waals surface area contributed by atoms with Gasteiger partial charge in [0.25, 0.3) is 5.91 Å². The number of hydrogen-bond donors (Lipinski definition) is 2. The standard InChI is InChI=1S/C10H15N3O2/c1-3-9(10(14)13-11)15-8-5-4-7(2)12-6-8/h4-6,9H,3,11H2,1-2H3,(H,13,14). The molecule has 1 unspecified atom stereocenters. The maximum absolute atomic E-state index is 11.2. The van der Waals surface area contributed by atoms with Crippen LogP contribution in [0.2, 0.25) is 0 Å². The minimum atomic E-state index is -0.570. The summed E-state index contributed by atoms with van der Waals surface area (Å²) in [4.78, 5) is 15.3. The second kappa shape index (κ2) is 5.31. The summed E-state index contributed by atoms with van der Waals surface area (Å²) in [6, 6.07) is 3.59. The quantitative estimate of drug-likeness (QED) is 0.431. The van der Waals surface area contributed by atoms with Gasteiger partial charge in [0.15, 0.2) is 6.10 Å². The zero-order chi connectivity index (χ0) is 11.3. The lowest BCUT2D eigenvalue weighted by Gasteiger charge is -2.15. The molecule has 0 radical (unpaired) electrons. The Balaban J connectivity index is 2.66. The molecule has 82 valence electrons. The van der Waals surface area contributed by atoms with Gasteiger partial charge in [-0.3, -0.25) is 15.2 Å². The molecule has 1 amide bonds. The van der Waals surface area contributed by atoms with E-state index in [1.165, 1.54) is 0 Å². The minimum Gasteiger partial charge on any atom is -0.479 e. The van der Waals surface area contributed by atoms with Crippen LogP contribution < -0.4 is 16.0 Å². The first-order chi connectivity index (χ1) is 7.17. The van der Waals surface area contributed by atoms with E-state index in [0.717, 1.165) is 5.69 Å². The summed E-state index contributed by atoms with van der Waals surface area (Å²) in [6.07, 6.45) is 1.57. The molecule has 1 aromatic rings. The lowest BCUT2D eigenvalue weighted by Crippen LogP contribution is -2.41. The molecule has 15 heavy (non-hydrogen) atoms. The second-order valence-corrected chi connectivity index (χ2v) is 3.16. The third kappa shape index (κ3) is 3.21. The Bertz CT molecular complexity index is 324. The van der Waals surface area contributed by atoms with Crippen LogP contribution >= 0.6 is 0 Å². The average molecular weight is 209 g/mol. The highest BCUT2D eigenvalue weighted by atomic mass is 16.5. The summed E-state index contributed by atoms with van der Waals surface area (Å²) in [5, 5.41) is 0. The van der Waals surface area contributed by atoms with E-state index >= 15 is 0 Å². The number of amides is 1. The van der Waals surface area contributed by atoms with Crippen molar-refractivity contribution in [3.63, 3.8) is 0 Å². The molecule has 0 aliphatic rings. The number of carbonyl (C=O) groups excluding carboxylic acids is 1. The molecule has 0 aliphatic carbocycles. The van der Waals surface area contributed by atoms with E-state index in [2.05, 4.69) is 10.4 Å². The van der Waals surface area contributed by atoms with Crippen LogP contribution in [0.4, 0.5) is 0 Å². The number of carbonyl (C=O) groups is 1. The van der Waals surface area contributed by atoms with Gasteiger partial charge in [0.1, 0.15) is 5.75 Å². The summed E-state index contributed by atoms with van der Waals surface area (Å²) in [7, 11) is 0. The maximum atomic E-state index is 11.2. The smallest absolute Gasteiger partial charge is 0.274 e. The lowest BCUT2D eigenvalue weighted by molar-refractivity contribution is -0.128. The highest BCUT2D eigenvalue weighted by Gasteiger charge is 2.16. The predicted octanol–water partition coefficient (Wildman–Crippen LogP) is 0.537. The largest absolute Gasteiger partial charge is 0.479 e. The van der Waals surface area contributed by atoms with Crippen molar-refractivity contribution >= 4 is 5.91 Å². The van der Waals surface area contributed by atoms with Crippen LogP contribution in [0.1, 0.15) is 19.0 Å². The van der Waals surface area contributed by atoms with Crippen molar-refractivity contribution in [2.45, 2.75) is 26.4 Å². The SMILES string of the molecule is CCC(Oc1ccc(C)nc1)C(=O)NN. The number of nitrogens with zero attached hydrogens (tertiary/aromatic N) is 1. The number of pyridine rings is 1. The molecule has 1 heterocycles. The summed E-state index contributed by atoms with van der Waals surface area (Å²) in [5.74, 6) is 5.26. The van der Waals surface area contributed by atoms with E-state index in [9.17, 15) is 4.79 Å². The molecule has 1 rings (SSSR count). The molecule has 0 aromatic carbocycles. The van der Waals surface area contributed by atoms with Gasteiger partial charge in [-0.1, -0.05) is 6.92 Å². The van der Waals surface area contributed by atoms with E-state index in [0.29, 0.717) is 12.2 Å². The number of nitrogens with one attached hydrogen (secondary N) is 1.